The molecule has 0 radical (unpaired) electrons. The Morgan fingerprint density at radius 1 is 1.47 bits per heavy atom. The first-order valence-corrected chi connectivity index (χ1v) is 5.65. The molecule has 15 heavy (non-hydrogen) atoms. The zero-order valence-corrected chi connectivity index (χ0v) is 9.37. The van der Waals surface area contributed by atoms with E-state index < -0.39 is 12.7 Å². The van der Waals surface area contributed by atoms with Crippen LogP contribution in [-0.4, -0.2) is 35.0 Å². The Morgan fingerprint density at radius 3 is 2.67 bits per heavy atom. The highest BCUT2D eigenvalue weighted by Crippen LogP contribution is 2.19. The highest BCUT2D eigenvalue weighted by atomic mass is 35.5. The van der Waals surface area contributed by atoms with Crippen molar-refractivity contribution in [3.63, 3.8) is 0 Å². The lowest BCUT2D eigenvalue weighted by molar-refractivity contribution is -0.146. The van der Waals surface area contributed by atoms with Crippen molar-refractivity contribution in [1.29, 1.82) is 0 Å². The molecule has 0 aliphatic heterocycles. The van der Waals surface area contributed by atoms with Gasteiger partial charge in [0.1, 0.15) is 0 Å². The van der Waals surface area contributed by atoms with Gasteiger partial charge in [-0.2, -0.15) is 13.2 Å². The number of halogens is 4. The van der Waals surface area contributed by atoms with Crippen molar-refractivity contribution < 1.29 is 13.2 Å². The number of rotatable bonds is 5. The number of nitrogens with zero attached hydrogens (tertiary/aromatic N) is 2. The minimum atomic E-state index is -4.18. The van der Waals surface area contributed by atoms with Gasteiger partial charge < -0.3 is 0 Å². The van der Waals surface area contributed by atoms with Crippen LogP contribution in [0.2, 0.25) is 0 Å². The van der Waals surface area contributed by atoms with E-state index in [2.05, 4.69) is 4.98 Å². The van der Waals surface area contributed by atoms with Crippen molar-refractivity contribution in [2.24, 2.45) is 0 Å². The van der Waals surface area contributed by atoms with Gasteiger partial charge in [0.15, 0.2) is 0 Å². The first-order valence-electron chi connectivity index (χ1n) is 4.23. The number of alkyl halides is 4. The van der Waals surface area contributed by atoms with E-state index in [1.165, 1.54) is 16.2 Å². The van der Waals surface area contributed by atoms with E-state index >= 15 is 0 Å². The third-order valence-electron chi connectivity index (χ3n) is 1.67. The first kappa shape index (κ1) is 12.7. The zero-order valence-electron chi connectivity index (χ0n) is 7.80. The molecule has 0 saturated heterocycles. The highest BCUT2D eigenvalue weighted by Gasteiger charge is 2.30. The molecule has 0 aliphatic rings. The maximum absolute atomic E-state index is 12.2. The van der Waals surface area contributed by atoms with E-state index in [9.17, 15) is 13.2 Å². The van der Waals surface area contributed by atoms with Crippen LogP contribution in [0.3, 0.4) is 0 Å². The molecule has 0 N–H and O–H groups in total. The molecule has 0 spiro atoms. The molecule has 0 aliphatic carbocycles. The van der Waals surface area contributed by atoms with Crippen LogP contribution in [0.15, 0.2) is 11.7 Å². The van der Waals surface area contributed by atoms with Crippen molar-refractivity contribution >= 4 is 22.9 Å². The summed E-state index contributed by atoms with van der Waals surface area (Å²) in [5.74, 6) is 0.189. The summed E-state index contributed by atoms with van der Waals surface area (Å²) in [5.41, 5.74) is 1.60. The van der Waals surface area contributed by atoms with Crippen LogP contribution in [-0.2, 0) is 6.54 Å². The third-order valence-corrected chi connectivity index (χ3v) is 2.60. The lowest BCUT2D eigenvalue weighted by Gasteiger charge is -2.21. The van der Waals surface area contributed by atoms with E-state index in [0.29, 0.717) is 0 Å². The van der Waals surface area contributed by atoms with Gasteiger partial charge in [-0.1, -0.05) is 0 Å². The fourth-order valence-electron chi connectivity index (χ4n) is 1.13. The summed E-state index contributed by atoms with van der Waals surface area (Å²) in [7, 11) is 0. The van der Waals surface area contributed by atoms with Crippen LogP contribution in [0.25, 0.3) is 0 Å². The van der Waals surface area contributed by atoms with Gasteiger partial charge in [0, 0.05) is 30.0 Å². The van der Waals surface area contributed by atoms with Gasteiger partial charge >= 0.3 is 6.18 Å². The van der Waals surface area contributed by atoms with Crippen molar-refractivity contribution in [3.05, 3.63) is 16.6 Å². The molecule has 1 aromatic heterocycles. The second kappa shape index (κ2) is 5.67. The van der Waals surface area contributed by atoms with E-state index in [1.807, 2.05) is 0 Å². The van der Waals surface area contributed by atoms with Crippen LogP contribution in [0.4, 0.5) is 13.2 Å². The molecule has 0 amide bonds. The predicted molar refractivity (Wildman–Crippen MR) is 54.2 cm³/mol. The first-order chi connectivity index (χ1) is 7.01. The summed E-state index contributed by atoms with van der Waals surface area (Å²) in [5, 5.41) is 0. The number of aromatic nitrogens is 1. The molecule has 7 heteroatoms. The minimum absolute atomic E-state index is 0.189. The Hall–Kier alpha value is -0.330. The molecule has 2 nitrogen and oxygen atoms in total. The molecule has 86 valence electrons. The smallest absolute Gasteiger partial charge is 0.289 e. The zero-order chi connectivity index (χ0) is 11.3. The maximum atomic E-state index is 12.2. The second-order valence-corrected chi connectivity index (χ2v) is 4.33. The number of hydrogen-bond donors (Lipinski definition) is 0. The van der Waals surface area contributed by atoms with E-state index in [4.69, 9.17) is 11.6 Å². The van der Waals surface area contributed by atoms with Gasteiger partial charge in [-0.25, -0.2) is 0 Å². The molecule has 0 saturated carbocycles. The maximum Gasteiger partial charge on any atom is 0.401 e. The molecule has 1 aromatic rings. The summed E-state index contributed by atoms with van der Waals surface area (Å²) >= 11 is 6.78. The largest absolute Gasteiger partial charge is 0.401 e. The molecule has 0 unspecified atom stereocenters. The standard InChI is InChI=1S/C8H10ClF3N2S/c9-1-2-14(5-8(10,11)12)4-7-3-13-6-15-7/h3,6H,1-2,4-5H2. The van der Waals surface area contributed by atoms with Gasteiger partial charge in [-0.05, 0) is 0 Å². The molecule has 1 heterocycles. The van der Waals surface area contributed by atoms with Crippen molar-refractivity contribution in [3.8, 4) is 0 Å². The quantitative estimate of drug-likeness (QED) is 0.755. The highest BCUT2D eigenvalue weighted by molar-refractivity contribution is 7.09. The number of hydrogen-bond acceptors (Lipinski definition) is 3. The predicted octanol–water partition coefficient (Wildman–Crippen LogP) is 2.75. The topological polar surface area (TPSA) is 16.1 Å². The normalized spacial score (nSPS) is 12.3. The summed E-state index contributed by atoms with van der Waals surface area (Å²) in [6.45, 7) is -0.465. The summed E-state index contributed by atoms with van der Waals surface area (Å²) in [6.07, 6.45) is -2.61. The van der Waals surface area contributed by atoms with E-state index in [0.717, 1.165) is 4.88 Å². The van der Waals surface area contributed by atoms with E-state index in [-0.39, 0.29) is 19.0 Å². The SMILES string of the molecule is FC(F)(F)CN(CCCl)Cc1cncs1. The Labute approximate surface area is 94.7 Å². The van der Waals surface area contributed by atoms with Crippen LogP contribution < -0.4 is 0 Å². The molecule has 1 rings (SSSR count). The van der Waals surface area contributed by atoms with Crippen molar-refractivity contribution in [2.45, 2.75) is 12.7 Å². The molecule has 0 bridgehead atoms. The van der Waals surface area contributed by atoms with Gasteiger partial charge in [-0.3, -0.25) is 9.88 Å². The van der Waals surface area contributed by atoms with Gasteiger partial charge in [-0.15, -0.1) is 22.9 Å². The average Bonchev–Trinajstić information content (AvgIpc) is 2.54. The Balaban J connectivity index is 2.51. The van der Waals surface area contributed by atoms with Crippen LogP contribution >= 0.6 is 22.9 Å². The van der Waals surface area contributed by atoms with Crippen LogP contribution in [0.5, 0.6) is 0 Å². The van der Waals surface area contributed by atoms with Gasteiger partial charge in [0.2, 0.25) is 0 Å². The lowest BCUT2D eigenvalue weighted by atomic mass is 10.4. The van der Waals surface area contributed by atoms with Crippen molar-refractivity contribution in [1.82, 2.24) is 9.88 Å². The van der Waals surface area contributed by atoms with Crippen molar-refractivity contribution in [2.75, 3.05) is 19.0 Å². The fraction of sp³-hybridized carbons (Fsp3) is 0.625. The summed E-state index contributed by atoms with van der Waals surface area (Å²) in [4.78, 5) is 5.88. The third kappa shape index (κ3) is 5.34. The van der Waals surface area contributed by atoms with Crippen LogP contribution in [0.1, 0.15) is 4.88 Å². The molecular formula is C8H10ClF3N2S. The van der Waals surface area contributed by atoms with E-state index in [1.54, 1.807) is 11.7 Å². The molecule has 0 fully saturated rings. The molecule has 0 aromatic carbocycles. The molecular weight excluding hydrogens is 249 g/mol. The number of thiazole rings is 1. The average molecular weight is 259 g/mol. The Kier molecular flexibility index (Phi) is 4.82. The molecule has 0 atom stereocenters. The van der Waals surface area contributed by atoms with Crippen LogP contribution in [0, 0.1) is 0 Å². The Bertz CT molecular complexity index is 276. The minimum Gasteiger partial charge on any atom is -0.289 e. The lowest BCUT2D eigenvalue weighted by Crippen LogP contribution is -2.34. The second-order valence-electron chi connectivity index (χ2n) is 2.98. The van der Waals surface area contributed by atoms with Gasteiger partial charge in [0.05, 0.1) is 12.1 Å². The fourth-order valence-corrected chi connectivity index (χ4v) is 2.00. The Morgan fingerprint density at radius 2 is 2.20 bits per heavy atom. The summed E-state index contributed by atoms with van der Waals surface area (Å²) < 4.78 is 36.5. The summed E-state index contributed by atoms with van der Waals surface area (Å²) in [6, 6.07) is 0. The monoisotopic (exact) mass is 258 g/mol. The van der Waals surface area contributed by atoms with Gasteiger partial charge in [0.25, 0.3) is 0 Å².